The zero-order valence-electron chi connectivity index (χ0n) is 12.7. The van der Waals surface area contributed by atoms with Crippen molar-refractivity contribution in [2.24, 2.45) is 5.73 Å². The minimum Gasteiger partial charge on any atom is -0.493 e. The van der Waals surface area contributed by atoms with Gasteiger partial charge in [0, 0.05) is 12.5 Å². The van der Waals surface area contributed by atoms with Crippen LogP contribution in [0.5, 0.6) is 11.5 Å². The van der Waals surface area contributed by atoms with Crippen molar-refractivity contribution < 1.29 is 18.3 Å². The Labute approximate surface area is 140 Å². The Balaban J connectivity index is 0.00000264. The van der Waals surface area contributed by atoms with E-state index >= 15 is 0 Å². The van der Waals surface area contributed by atoms with Crippen LogP contribution in [-0.4, -0.2) is 13.5 Å². The van der Waals surface area contributed by atoms with Gasteiger partial charge in [-0.25, -0.2) is 8.78 Å². The number of ether oxygens (including phenoxy) is 2. The standard InChI is InChI=1S/C17H19F2NO2.ClH/c1-21-16-9-13(14(20)10-17(18)19)7-8-15(16)22-11-12-5-3-2-4-6-12;/h2-9,14,17H,10-11,20H2,1H3;1H/t14-;/m0./s1. The van der Waals surface area contributed by atoms with Crippen molar-refractivity contribution in [3.63, 3.8) is 0 Å². The molecule has 2 rings (SSSR count). The fourth-order valence-corrected chi connectivity index (χ4v) is 2.10. The number of benzene rings is 2. The van der Waals surface area contributed by atoms with Crippen molar-refractivity contribution in [2.45, 2.75) is 25.5 Å². The van der Waals surface area contributed by atoms with E-state index in [9.17, 15) is 8.78 Å². The second-order valence-corrected chi connectivity index (χ2v) is 4.92. The molecular formula is C17H20ClF2NO2. The number of alkyl halides is 2. The average molecular weight is 344 g/mol. The van der Waals surface area contributed by atoms with Gasteiger partial charge in [-0.15, -0.1) is 12.4 Å². The molecule has 126 valence electrons. The maximum atomic E-state index is 12.4. The molecule has 0 unspecified atom stereocenters. The number of hydrogen-bond acceptors (Lipinski definition) is 3. The third kappa shape index (κ3) is 5.69. The number of halogens is 3. The minimum atomic E-state index is -2.44. The van der Waals surface area contributed by atoms with Gasteiger partial charge in [-0.1, -0.05) is 36.4 Å². The predicted octanol–water partition coefficient (Wildman–Crippen LogP) is 4.35. The average Bonchev–Trinajstić information content (AvgIpc) is 2.53. The lowest BCUT2D eigenvalue weighted by Crippen LogP contribution is -2.14. The second kappa shape index (κ2) is 9.33. The highest BCUT2D eigenvalue weighted by molar-refractivity contribution is 5.85. The van der Waals surface area contributed by atoms with Crippen LogP contribution in [-0.2, 0) is 6.61 Å². The maximum absolute atomic E-state index is 12.4. The van der Waals surface area contributed by atoms with E-state index in [1.54, 1.807) is 18.2 Å². The predicted molar refractivity (Wildman–Crippen MR) is 88.6 cm³/mol. The van der Waals surface area contributed by atoms with Crippen LogP contribution in [0.25, 0.3) is 0 Å². The van der Waals surface area contributed by atoms with Gasteiger partial charge in [0.15, 0.2) is 11.5 Å². The highest BCUT2D eigenvalue weighted by atomic mass is 35.5. The molecule has 0 fully saturated rings. The van der Waals surface area contributed by atoms with Gasteiger partial charge in [-0.05, 0) is 23.3 Å². The summed E-state index contributed by atoms with van der Waals surface area (Å²) in [5.41, 5.74) is 7.39. The van der Waals surface area contributed by atoms with E-state index in [2.05, 4.69) is 0 Å². The van der Waals surface area contributed by atoms with Crippen LogP contribution in [0.2, 0.25) is 0 Å². The molecule has 0 saturated heterocycles. The summed E-state index contributed by atoms with van der Waals surface area (Å²) >= 11 is 0. The fourth-order valence-electron chi connectivity index (χ4n) is 2.10. The summed E-state index contributed by atoms with van der Waals surface area (Å²) in [5, 5.41) is 0. The molecule has 0 amide bonds. The molecule has 2 N–H and O–H groups in total. The minimum absolute atomic E-state index is 0. The molecule has 0 radical (unpaired) electrons. The van der Waals surface area contributed by atoms with Crippen LogP contribution in [0.15, 0.2) is 48.5 Å². The van der Waals surface area contributed by atoms with E-state index in [0.717, 1.165) is 5.56 Å². The summed E-state index contributed by atoms with van der Waals surface area (Å²) in [4.78, 5) is 0. The lowest BCUT2D eigenvalue weighted by Gasteiger charge is -2.15. The first-order valence-electron chi connectivity index (χ1n) is 6.98. The Morgan fingerprint density at radius 3 is 2.35 bits per heavy atom. The number of hydrogen-bond donors (Lipinski definition) is 1. The van der Waals surface area contributed by atoms with Gasteiger partial charge in [-0.3, -0.25) is 0 Å². The monoisotopic (exact) mass is 343 g/mol. The molecule has 0 saturated carbocycles. The second-order valence-electron chi connectivity index (χ2n) is 4.92. The van der Waals surface area contributed by atoms with Crippen LogP contribution < -0.4 is 15.2 Å². The molecule has 0 aliphatic heterocycles. The summed E-state index contributed by atoms with van der Waals surface area (Å²) in [5.74, 6) is 1.04. The number of nitrogens with two attached hydrogens (primary N) is 1. The van der Waals surface area contributed by atoms with Crippen molar-refractivity contribution in [2.75, 3.05) is 7.11 Å². The molecular weight excluding hydrogens is 324 g/mol. The molecule has 23 heavy (non-hydrogen) atoms. The highest BCUT2D eigenvalue weighted by Gasteiger charge is 2.15. The molecule has 0 heterocycles. The summed E-state index contributed by atoms with van der Waals surface area (Å²) in [6, 6.07) is 14.0. The van der Waals surface area contributed by atoms with Gasteiger partial charge >= 0.3 is 0 Å². The zero-order chi connectivity index (χ0) is 15.9. The summed E-state index contributed by atoms with van der Waals surface area (Å²) < 4.78 is 35.8. The first-order valence-corrected chi connectivity index (χ1v) is 6.98. The molecule has 0 aliphatic carbocycles. The Morgan fingerprint density at radius 2 is 1.74 bits per heavy atom. The van der Waals surface area contributed by atoms with Gasteiger partial charge in [0.25, 0.3) is 0 Å². The smallest absolute Gasteiger partial charge is 0.240 e. The molecule has 1 atom stereocenters. The van der Waals surface area contributed by atoms with E-state index in [0.29, 0.717) is 23.7 Å². The molecule has 2 aromatic rings. The lowest BCUT2D eigenvalue weighted by molar-refractivity contribution is 0.128. The lowest BCUT2D eigenvalue weighted by atomic mass is 10.0. The molecule has 0 aromatic heterocycles. The van der Waals surface area contributed by atoms with E-state index in [1.165, 1.54) is 7.11 Å². The van der Waals surface area contributed by atoms with E-state index in [-0.39, 0.29) is 18.8 Å². The van der Waals surface area contributed by atoms with Crippen molar-refractivity contribution in [1.82, 2.24) is 0 Å². The number of rotatable bonds is 7. The molecule has 2 aromatic carbocycles. The van der Waals surface area contributed by atoms with Gasteiger partial charge < -0.3 is 15.2 Å². The van der Waals surface area contributed by atoms with E-state index < -0.39 is 12.5 Å². The van der Waals surface area contributed by atoms with Crippen LogP contribution in [0.4, 0.5) is 8.78 Å². The third-order valence-corrected chi connectivity index (χ3v) is 3.29. The third-order valence-electron chi connectivity index (χ3n) is 3.29. The van der Waals surface area contributed by atoms with Crippen LogP contribution in [0.1, 0.15) is 23.6 Å². The van der Waals surface area contributed by atoms with Gasteiger partial charge in [0.2, 0.25) is 6.43 Å². The Morgan fingerprint density at radius 1 is 1.04 bits per heavy atom. The molecule has 6 heteroatoms. The topological polar surface area (TPSA) is 44.5 Å². The van der Waals surface area contributed by atoms with Crippen molar-refractivity contribution in [3.05, 3.63) is 59.7 Å². The van der Waals surface area contributed by atoms with Crippen LogP contribution in [0, 0.1) is 0 Å². The summed E-state index contributed by atoms with van der Waals surface area (Å²) in [6.07, 6.45) is -2.82. The Bertz CT molecular complexity index is 596. The number of methoxy groups -OCH3 is 1. The van der Waals surface area contributed by atoms with Gasteiger partial charge in [-0.2, -0.15) is 0 Å². The van der Waals surface area contributed by atoms with E-state index in [1.807, 2.05) is 30.3 Å². The first-order chi connectivity index (χ1) is 10.6. The maximum Gasteiger partial charge on any atom is 0.240 e. The summed E-state index contributed by atoms with van der Waals surface area (Å²) in [6.45, 7) is 0.402. The Hall–Kier alpha value is -1.85. The Kier molecular flexibility index (Phi) is 7.78. The molecule has 0 aliphatic rings. The van der Waals surface area contributed by atoms with Gasteiger partial charge in [0.05, 0.1) is 7.11 Å². The van der Waals surface area contributed by atoms with E-state index in [4.69, 9.17) is 15.2 Å². The van der Waals surface area contributed by atoms with Crippen LogP contribution >= 0.6 is 12.4 Å². The van der Waals surface area contributed by atoms with Crippen molar-refractivity contribution in [1.29, 1.82) is 0 Å². The molecule has 0 spiro atoms. The van der Waals surface area contributed by atoms with Crippen molar-refractivity contribution >= 4 is 12.4 Å². The quantitative estimate of drug-likeness (QED) is 0.812. The summed E-state index contributed by atoms with van der Waals surface area (Å²) in [7, 11) is 1.51. The SMILES string of the molecule is COc1cc([C@@H](N)CC(F)F)ccc1OCc1ccccc1.Cl. The van der Waals surface area contributed by atoms with Gasteiger partial charge in [0.1, 0.15) is 6.61 Å². The fraction of sp³-hybridized carbons (Fsp3) is 0.294. The first kappa shape index (κ1) is 19.2. The molecule has 3 nitrogen and oxygen atoms in total. The largest absolute Gasteiger partial charge is 0.493 e. The normalized spacial score (nSPS) is 11.7. The van der Waals surface area contributed by atoms with Crippen LogP contribution in [0.3, 0.4) is 0 Å². The zero-order valence-corrected chi connectivity index (χ0v) is 13.6. The molecule has 0 bridgehead atoms. The highest BCUT2D eigenvalue weighted by Crippen LogP contribution is 2.31. The van der Waals surface area contributed by atoms with Crippen molar-refractivity contribution in [3.8, 4) is 11.5 Å².